The van der Waals surface area contributed by atoms with E-state index in [9.17, 15) is 9.59 Å². The number of hydrogen-bond acceptors (Lipinski definition) is 6. The number of carbonyl (C=O) groups is 2. The zero-order valence-electron chi connectivity index (χ0n) is 16.1. The van der Waals surface area contributed by atoms with Crippen LogP contribution in [0.15, 0.2) is 40.8 Å². The summed E-state index contributed by atoms with van der Waals surface area (Å²) in [5, 5.41) is 3.48. The lowest BCUT2D eigenvalue weighted by atomic mass is 10.0. The molecule has 7 nitrogen and oxygen atoms in total. The molecular formula is C21H21NO6. The van der Waals surface area contributed by atoms with Crippen molar-refractivity contribution in [3.05, 3.63) is 53.3 Å². The molecule has 28 heavy (non-hydrogen) atoms. The van der Waals surface area contributed by atoms with E-state index in [1.54, 1.807) is 43.3 Å². The van der Waals surface area contributed by atoms with Gasteiger partial charge in [0.25, 0.3) is 0 Å². The van der Waals surface area contributed by atoms with E-state index in [0.717, 1.165) is 5.39 Å². The fourth-order valence-corrected chi connectivity index (χ4v) is 2.96. The number of hydrogen-bond donors (Lipinski definition) is 1. The zero-order valence-corrected chi connectivity index (χ0v) is 16.1. The molecule has 1 aromatic heterocycles. The van der Waals surface area contributed by atoms with Gasteiger partial charge in [-0.25, -0.2) is 0 Å². The average Bonchev–Trinajstić information content (AvgIpc) is 3.03. The van der Waals surface area contributed by atoms with E-state index in [2.05, 4.69) is 5.32 Å². The second kappa shape index (κ2) is 8.14. The Hall–Kier alpha value is -3.32. The Balaban J connectivity index is 2.01. The number of nitrogens with one attached hydrogen (secondary N) is 1. The first-order valence-corrected chi connectivity index (χ1v) is 8.57. The van der Waals surface area contributed by atoms with Gasteiger partial charge in [-0.2, -0.15) is 0 Å². The molecule has 0 saturated heterocycles. The van der Waals surface area contributed by atoms with Crippen LogP contribution in [0.25, 0.3) is 11.0 Å². The van der Waals surface area contributed by atoms with Crippen LogP contribution in [-0.2, 0) is 9.53 Å². The number of fused-ring (bicyclic) bond motifs is 1. The fourth-order valence-electron chi connectivity index (χ4n) is 2.96. The van der Waals surface area contributed by atoms with Crippen LogP contribution in [0, 0.1) is 6.92 Å². The highest BCUT2D eigenvalue weighted by atomic mass is 16.5. The molecule has 1 heterocycles. The third-order valence-electron chi connectivity index (χ3n) is 4.35. The van der Waals surface area contributed by atoms with Crippen molar-refractivity contribution in [2.45, 2.75) is 6.92 Å². The summed E-state index contributed by atoms with van der Waals surface area (Å²) in [7, 11) is 4.48. The second-order valence-electron chi connectivity index (χ2n) is 6.14. The van der Waals surface area contributed by atoms with Crippen LogP contribution in [-0.4, -0.2) is 39.6 Å². The van der Waals surface area contributed by atoms with Crippen molar-refractivity contribution in [1.82, 2.24) is 0 Å². The molecule has 2 aromatic carbocycles. The summed E-state index contributed by atoms with van der Waals surface area (Å²) in [6.45, 7) is 1.76. The van der Waals surface area contributed by atoms with Gasteiger partial charge in [0.2, 0.25) is 11.7 Å². The number of amides is 1. The van der Waals surface area contributed by atoms with Crippen molar-refractivity contribution in [2.24, 2.45) is 0 Å². The largest absolute Gasteiger partial charge is 0.497 e. The van der Waals surface area contributed by atoms with Crippen molar-refractivity contribution in [3.63, 3.8) is 0 Å². The lowest BCUT2D eigenvalue weighted by Gasteiger charge is -2.08. The Morgan fingerprint density at radius 3 is 2.50 bits per heavy atom. The minimum Gasteiger partial charge on any atom is -0.497 e. The number of methoxy groups -OCH3 is 3. The number of ether oxygens (including phenoxy) is 3. The molecule has 0 aliphatic rings. The third-order valence-corrected chi connectivity index (χ3v) is 4.35. The van der Waals surface area contributed by atoms with Crippen molar-refractivity contribution in [2.75, 3.05) is 33.3 Å². The highest BCUT2D eigenvalue weighted by Crippen LogP contribution is 2.32. The molecule has 1 amide bonds. The Morgan fingerprint density at radius 1 is 1.04 bits per heavy atom. The summed E-state index contributed by atoms with van der Waals surface area (Å²) in [5.74, 6) is 0.607. The Bertz CT molecular complexity index is 1040. The summed E-state index contributed by atoms with van der Waals surface area (Å²) in [6.07, 6.45) is 0. The van der Waals surface area contributed by atoms with Crippen LogP contribution in [0.4, 0.5) is 5.69 Å². The van der Waals surface area contributed by atoms with Gasteiger partial charge in [-0.05, 0) is 43.3 Å². The van der Waals surface area contributed by atoms with Crippen LogP contribution in [0.5, 0.6) is 11.5 Å². The van der Waals surface area contributed by atoms with E-state index in [-0.39, 0.29) is 24.1 Å². The van der Waals surface area contributed by atoms with Gasteiger partial charge in [0.05, 0.1) is 19.8 Å². The first-order valence-electron chi connectivity index (χ1n) is 8.57. The molecule has 0 atom stereocenters. The van der Waals surface area contributed by atoms with Crippen LogP contribution in [0.3, 0.4) is 0 Å². The Labute approximate surface area is 162 Å². The molecule has 3 aromatic rings. The van der Waals surface area contributed by atoms with E-state index < -0.39 is 0 Å². The topological polar surface area (TPSA) is 87.0 Å². The molecule has 7 heteroatoms. The molecular weight excluding hydrogens is 362 g/mol. The number of anilines is 1. The molecule has 0 saturated carbocycles. The average molecular weight is 383 g/mol. The zero-order chi connectivity index (χ0) is 20.3. The number of aryl methyl sites for hydroxylation is 1. The smallest absolute Gasteiger partial charge is 0.250 e. The molecule has 0 unspecified atom stereocenters. The highest BCUT2D eigenvalue weighted by Gasteiger charge is 2.23. The van der Waals surface area contributed by atoms with Gasteiger partial charge in [-0.3, -0.25) is 9.59 Å². The van der Waals surface area contributed by atoms with Gasteiger partial charge in [0.1, 0.15) is 23.7 Å². The van der Waals surface area contributed by atoms with E-state index in [4.69, 9.17) is 18.6 Å². The number of benzene rings is 2. The van der Waals surface area contributed by atoms with E-state index in [1.165, 1.54) is 21.3 Å². The van der Waals surface area contributed by atoms with Crippen LogP contribution in [0.2, 0.25) is 0 Å². The monoisotopic (exact) mass is 383 g/mol. The SMILES string of the molecule is COCC(=O)Nc1ccc2oc(C(=O)c3cc(OC)ccc3OC)c(C)c2c1. The van der Waals surface area contributed by atoms with Crippen LogP contribution < -0.4 is 14.8 Å². The normalized spacial score (nSPS) is 10.7. The van der Waals surface area contributed by atoms with Crippen molar-refractivity contribution >= 4 is 28.3 Å². The Morgan fingerprint density at radius 2 is 1.82 bits per heavy atom. The van der Waals surface area contributed by atoms with Gasteiger partial charge in [-0.15, -0.1) is 0 Å². The molecule has 1 N–H and O–H groups in total. The Kier molecular flexibility index (Phi) is 5.65. The number of ketones is 1. The van der Waals surface area contributed by atoms with E-state index in [0.29, 0.717) is 33.9 Å². The minimum atomic E-state index is -0.311. The lowest BCUT2D eigenvalue weighted by molar-refractivity contribution is -0.119. The first-order chi connectivity index (χ1) is 13.5. The number of rotatable bonds is 7. The van der Waals surface area contributed by atoms with Gasteiger partial charge < -0.3 is 23.9 Å². The van der Waals surface area contributed by atoms with Crippen molar-refractivity contribution in [3.8, 4) is 11.5 Å². The maximum absolute atomic E-state index is 13.1. The van der Waals surface area contributed by atoms with Gasteiger partial charge >= 0.3 is 0 Å². The molecule has 146 valence electrons. The second-order valence-corrected chi connectivity index (χ2v) is 6.14. The van der Waals surface area contributed by atoms with E-state index >= 15 is 0 Å². The number of carbonyl (C=O) groups excluding carboxylic acids is 2. The van der Waals surface area contributed by atoms with E-state index in [1.807, 2.05) is 0 Å². The highest BCUT2D eigenvalue weighted by molar-refractivity contribution is 6.12. The van der Waals surface area contributed by atoms with Crippen LogP contribution in [0.1, 0.15) is 21.7 Å². The van der Waals surface area contributed by atoms with Crippen molar-refractivity contribution < 1.29 is 28.2 Å². The number of furan rings is 1. The predicted octanol–water partition coefficient (Wildman–Crippen LogP) is 3.57. The molecule has 0 spiro atoms. The van der Waals surface area contributed by atoms with Gasteiger partial charge in [-0.1, -0.05) is 0 Å². The maximum atomic E-state index is 13.1. The summed E-state index contributed by atoms with van der Waals surface area (Å²) in [6, 6.07) is 10.2. The minimum absolute atomic E-state index is 0.0399. The summed E-state index contributed by atoms with van der Waals surface area (Å²) in [4.78, 5) is 24.8. The maximum Gasteiger partial charge on any atom is 0.250 e. The molecule has 0 radical (unpaired) electrons. The standard InChI is InChI=1S/C21H21NO6/c1-12-15-9-13(22-19(23)11-25-2)5-7-18(15)28-21(12)20(24)16-10-14(26-3)6-8-17(16)27-4/h5-10H,11H2,1-4H3,(H,22,23). The lowest BCUT2D eigenvalue weighted by Crippen LogP contribution is -2.16. The molecule has 0 fully saturated rings. The predicted molar refractivity (Wildman–Crippen MR) is 104 cm³/mol. The van der Waals surface area contributed by atoms with Crippen molar-refractivity contribution in [1.29, 1.82) is 0 Å². The summed E-state index contributed by atoms with van der Waals surface area (Å²) in [5.41, 5.74) is 2.16. The van der Waals surface area contributed by atoms with Crippen LogP contribution >= 0.6 is 0 Å². The van der Waals surface area contributed by atoms with Gasteiger partial charge in [0.15, 0.2) is 5.76 Å². The molecule has 0 bridgehead atoms. The van der Waals surface area contributed by atoms with Gasteiger partial charge in [0, 0.05) is 23.7 Å². The quantitative estimate of drug-likeness (QED) is 0.628. The molecule has 3 rings (SSSR count). The summed E-state index contributed by atoms with van der Waals surface area (Å²) < 4.78 is 21.2. The molecule has 0 aliphatic heterocycles. The third kappa shape index (κ3) is 3.70. The summed E-state index contributed by atoms with van der Waals surface area (Å²) >= 11 is 0. The fraction of sp³-hybridized carbons (Fsp3) is 0.238. The molecule has 0 aliphatic carbocycles. The first kappa shape index (κ1) is 19.4.